The van der Waals surface area contributed by atoms with E-state index in [2.05, 4.69) is 0 Å². The Morgan fingerprint density at radius 2 is 1.60 bits per heavy atom. The maximum Gasteiger partial charge on any atom is 0.123 e. The van der Waals surface area contributed by atoms with Crippen LogP contribution in [0, 0.1) is 0 Å². The Balaban J connectivity index is 2.58. The van der Waals surface area contributed by atoms with Crippen LogP contribution in [0.2, 0.25) is 10.0 Å². The quantitative estimate of drug-likeness (QED) is 0.783. The standard InChI is InChI=1S/C12H8Cl2O/c13-9-3-1-2-8(6-9)11-7-10(14)4-5-12(11)15/h1-7,15H. The molecule has 0 fully saturated rings. The summed E-state index contributed by atoms with van der Waals surface area (Å²) in [7, 11) is 0. The average Bonchev–Trinajstić information content (AvgIpc) is 2.22. The molecule has 2 aromatic carbocycles. The van der Waals surface area contributed by atoms with E-state index in [9.17, 15) is 5.11 Å². The van der Waals surface area contributed by atoms with E-state index in [1.54, 1.807) is 30.3 Å². The van der Waals surface area contributed by atoms with Gasteiger partial charge in [0.2, 0.25) is 0 Å². The van der Waals surface area contributed by atoms with Crippen LogP contribution in [0.5, 0.6) is 5.75 Å². The first kappa shape index (κ1) is 10.3. The summed E-state index contributed by atoms with van der Waals surface area (Å²) in [6.07, 6.45) is 0. The van der Waals surface area contributed by atoms with Crippen LogP contribution in [-0.2, 0) is 0 Å². The molecule has 0 heterocycles. The Labute approximate surface area is 97.9 Å². The summed E-state index contributed by atoms with van der Waals surface area (Å²) in [4.78, 5) is 0. The van der Waals surface area contributed by atoms with Crippen molar-refractivity contribution in [1.29, 1.82) is 0 Å². The zero-order chi connectivity index (χ0) is 10.8. The lowest BCUT2D eigenvalue weighted by Crippen LogP contribution is -1.79. The second-order valence-corrected chi connectivity index (χ2v) is 4.04. The average molecular weight is 239 g/mol. The number of hydrogen-bond acceptors (Lipinski definition) is 1. The molecular weight excluding hydrogens is 231 g/mol. The van der Waals surface area contributed by atoms with Crippen LogP contribution < -0.4 is 0 Å². The topological polar surface area (TPSA) is 20.2 Å². The van der Waals surface area contributed by atoms with Gasteiger partial charge in [0.15, 0.2) is 0 Å². The molecule has 76 valence electrons. The van der Waals surface area contributed by atoms with Crippen molar-refractivity contribution in [2.75, 3.05) is 0 Å². The van der Waals surface area contributed by atoms with Gasteiger partial charge in [-0.15, -0.1) is 0 Å². The molecule has 0 aliphatic carbocycles. The highest BCUT2D eigenvalue weighted by molar-refractivity contribution is 6.31. The van der Waals surface area contributed by atoms with Gasteiger partial charge in [-0.1, -0.05) is 35.3 Å². The number of rotatable bonds is 1. The molecule has 0 radical (unpaired) electrons. The molecule has 2 aromatic rings. The van der Waals surface area contributed by atoms with E-state index in [0.717, 1.165) is 5.56 Å². The van der Waals surface area contributed by atoms with Crippen molar-refractivity contribution in [3.8, 4) is 16.9 Å². The third kappa shape index (κ3) is 2.25. The van der Waals surface area contributed by atoms with Gasteiger partial charge in [0.05, 0.1) is 0 Å². The maximum absolute atomic E-state index is 9.68. The molecule has 2 rings (SSSR count). The second kappa shape index (κ2) is 4.13. The van der Waals surface area contributed by atoms with Crippen molar-refractivity contribution in [3.63, 3.8) is 0 Å². The Bertz CT molecular complexity index is 495. The summed E-state index contributed by atoms with van der Waals surface area (Å²) in [5.74, 6) is 0.196. The molecule has 0 spiro atoms. The van der Waals surface area contributed by atoms with E-state index in [0.29, 0.717) is 15.6 Å². The molecule has 0 saturated heterocycles. The van der Waals surface area contributed by atoms with Gasteiger partial charge in [-0.25, -0.2) is 0 Å². The van der Waals surface area contributed by atoms with Crippen LogP contribution in [-0.4, -0.2) is 5.11 Å². The van der Waals surface area contributed by atoms with Crippen molar-refractivity contribution in [1.82, 2.24) is 0 Å². The Hall–Kier alpha value is -1.18. The normalized spacial score (nSPS) is 10.3. The zero-order valence-electron chi connectivity index (χ0n) is 7.74. The fraction of sp³-hybridized carbons (Fsp3) is 0. The van der Waals surface area contributed by atoms with E-state index < -0.39 is 0 Å². The molecular formula is C12H8Cl2O. The molecule has 0 aliphatic rings. The number of hydrogen-bond donors (Lipinski definition) is 1. The highest BCUT2D eigenvalue weighted by Gasteiger charge is 2.05. The van der Waals surface area contributed by atoms with Crippen LogP contribution in [0.15, 0.2) is 42.5 Å². The number of aromatic hydroxyl groups is 1. The predicted octanol–water partition coefficient (Wildman–Crippen LogP) is 4.37. The minimum Gasteiger partial charge on any atom is -0.507 e. The molecule has 0 saturated carbocycles. The smallest absolute Gasteiger partial charge is 0.123 e. The van der Waals surface area contributed by atoms with E-state index in [1.807, 2.05) is 12.1 Å². The van der Waals surface area contributed by atoms with Gasteiger partial charge in [-0.05, 0) is 35.9 Å². The van der Waals surface area contributed by atoms with E-state index in [-0.39, 0.29) is 5.75 Å². The van der Waals surface area contributed by atoms with Crippen molar-refractivity contribution < 1.29 is 5.11 Å². The third-order valence-electron chi connectivity index (χ3n) is 2.09. The molecule has 3 heteroatoms. The lowest BCUT2D eigenvalue weighted by Gasteiger charge is -2.05. The first-order valence-corrected chi connectivity index (χ1v) is 5.17. The van der Waals surface area contributed by atoms with E-state index in [1.165, 1.54) is 0 Å². The molecule has 15 heavy (non-hydrogen) atoms. The molecule has 0 amide bonds. The van der Waals surface area contributed by atoms with Crippen molar-refractivity contribution in [3.05, 3.63) is 52.5 Å². The lowest BCUT2D eigenvalue weighted by atomic mass is 10.1. The summed E-state index contributed by atoms with van der Waals surface area (Å²) in [5.41, 5.74) is 1.53. The lowest BCUT2D eigenvalue weighted by molar-refractivity contribution is 0.477. The summed E-state index contributed by atoms with van der Waals surface area (Å²) in [6.45, 7) is 0. The van der Waals surface area contributed by atoms with Crippen LogP contribution in [0.1, 0.15) is 0 Å². The molecule has 0 aromatic heterocycles. The summed E-state index contributed by atoms with van der Waals surface area (Å²) in [5, 5.41) is 10.9. The monoisotopic (exact) mass is 238 g/mol. The highest BCUT2D eigenvalue weighted by atomic mass is 35.5. The second-order valence-electron chi connectivity index (χ2n) is 3.17. The van der Waals surface area contributed by atoms with E-state index >= 15 is 0 Å². The SMILES string of the molecule is Oc1ccc(Cl)cc1-c1cccc(Cl)c1. The molecule has 0 unspecified atom stereocenters. The number of benzene rings is 2. The predicted molar refractivity (Wildman–Crippen MR) is 63.6 cm³/mol. The number of phenols is 1. The third-order valence-corrected chi connectivity index (χ3v) is 2.56. The molecule has 0 bridgehead atoms. The first-order chi connectivity index (χ1) is 7.16. The van der Waals surface area contributed by atoms with Gasteiger partial charge in [0.1, 0.15) is 5.75 Å². The largest absolute Gasteiger partial charge is 0.507 e. The van der Waals surface area contributed by atoms with E-state index in [4.69, 9.17) is 23.2 Å². The van der Waals surface area contributed by atoms with Crippen LogP contribution >= 0.6 is 23.2 Å². The van der Waals surface area contributed by atoms with Gasteiger partial charge < -0.3 is 5.11 Å². The minimum absolute atomic E-state index is 0.196. The maximum atomic E-state index is 9.68. The number of halogens is 2. The van der Waals surface area contributed by atoms with Crippen molar-refractivity contribution in [2.45, 2.75) is 0 Å². The van der Waals surface area contributed by atoms with Crippen molar-refractivity contribution >= 4 is 23.2 Å². The number of phenolic OH excluding ortho intramolecular Hbond substituents is 1. The minimum atomic E-state index is 0.196. The highest BCUT2D eigenvalue weighted by Crippen LogP contribution is 2.32. The van der Waals surface area contributed by atoms with Gasteiger partial charge in [-0.2, -0.15) is 0 Å². The molecule has 0 aliphatic heterocycles. The van der Waals surface area contributed by atoms with Crippen LogP contribution in [0.4, 0.5) is 0 Å². The summed E-state index contributed by atoms with van der Waals surface area (Å²) < 4.78 is 0. The van der Waals surface area contributed by atoms with Gasteiger partial charge in [-0.3, -0.25) is 0 Å². The Morgan fingerprint density at radius 3 is 2.33 bits per heavy atom. The molecule has 1 N–H and O–H groups in total. The molecule has 1 nitrogen and oxygen atoms in total. The van der Waals surface area contributed by atoms with Gasteiger partial charge >= 0.3 is 0 Å². The fourth-order valence-corrected chi connectivity index (χ4v) is 1.76. The summed E-state index contributed by atoms with van der Waals surface area (Å²) >= 11 is 11.7. The van der Waals surface area contributed by atoms with Gasteiger partial charge in [0, 0.05) is 15.6 Å². The molecule has 0 atom stereocenters. The van der Waals surface area contributed by atoms with Crippen LogP contribution in [0.25, 0.3) is 11.1 Å². The van der Waals surface area contributed by atoms with Gasteiger partial charge in [0.25, 0.3) is 0 Å². The van der Waals surface area contributed by atoms with Crippen LogP contribution in [0.3, 0.4) is 0 Å². The Kier molecular flexibility index (Phi) is 2.85. The fourth-order valence-electron chi connectivity index (χ4n) is 1.40. The first-order valence-electron chi connectivity index (χ1n) is 4.41. The summed E-state index contributed by atoms with van der Waals surface area (Å²) in [6, 6.07) is 12.2. The Morgan fingerprint density at radius 1 is 0.867 bits per heavy atom. The van der Waals surface area contributed by atoms with Crippen molar-refractivity contribution in [2.24, 2.45) is 0 Å². The zero-order valence-corrected chi connectivity index (χ0v) is 9.26.